The van der Waals surface area contributed by atoms with Crippen LogP contribution in [0.15, 0.2) is 29.0 Å². The van der Waals surface area contributed by atoms with E-state index in [4.69, 9.17) is 0 Å². The van der Waals surface area contributed by atoms with Crippen molar-refractivity contribution >= 4 is 45.3 Å². The molecule has 0 amide bonds. The minimum absolute atomic E-state index is 0.506. The topological polar surface area (TPSA) is 12.0 Å². The number of rotatable bonds is 7. The standard InChI is InChI=1S/C14H18INS2/c1-2-7-16-13(11-9-14(15)18-10-11)6-5-12-4-3-8-17-12/h3-4,8-10,13,16H,2,5-7H2,1H3. The number of hydrogen-bond acceptors (Lipinski definition) is 3. The Hall–Kier alpha value is 0.0900. The van der Waals surface area contributed by atoms with Gasteiger partial charge in [0.1, 0.15) is 0 Å². The summed E-state index contributed by atoms with van der Waals surface area (Å²) in [6.07, 6.45) is 3.55. The summed E-state index contributed by atoms with van der Waals surface area (Å²) in [4.78, 5) is 1.49. The first-order valence-electron chi connectivity index (χ1n) is 6.29. The van der Waals surface area contributed by atoms with Gasteiger partial charge in [-0.1, -0.05) is 13.0 Å². The molecule has 0 bridgehead atoms. The van der Waals surface area contributed by atoms with E-state index in [-0.39, 0.29) is 0 Å². The van der Waals surface area contributed by atoms with Crippen LogP contribution in [0.1, 0.15) is 36.2 Å². The van der Waals surface area contributed by atoms with Crippen molar-refractivity contribution in [2.45, 2.75) is 32.2 Å². The van der Waals surface area contributed by atoms with E-state index in [0.717, 1.165) is 6.54 Å². The fraction of sp³-hybridized carbons (Fsp3) is 0.429. The molecule has 2 aromatic heterocycles. The van der Waals surface area contributed by atoms with Gasteiger partial charge in [0.15, 0.2) is 0 Å². The van der Waals surface area contributed by atoms with E-state index in [1.807, 2.05) is 22.7 Å². The predicted octanol–water partition coefficient (Wildman–Crippen LogP) is 5.09. The first kappa shape index (κ1) is 14.5. The average molecular weight is 391 g/mol. The van der Waals surface area contributed by atoms with Crippen molar-refractivity contribution in [2.24, 2.45) is 0 Å². The summed E-state index contributed by atoms with van der Waals surface area (Å²) in [5, 5.41) is 8.13. The van der Waals surface area contributed by atoms with Gasteiger partial charge in [-0.2, -0.15) is 0 Å². The maximum Gasteiger partial charge on any atom is 0.0656 e. The quantitative estimate of drug-likeness (QED) is 0.649. The van der Waals surface area contributed by atoms with E-state index < -0.39 is 0 Å². The Kier molecular flexibility index (Phi) is 6.14. The molecule has 0 aliphatic rings. The zero-order valence-electron chi connectivity index (χ0n) is 10.5. The summed E-state index contributed by atoms with van der Waals surface area (Å²) in [7, 11) is 0. The molecule has 0 aliphatic carbocycles. The maximum atomic E-state index is 3.67. The highest BCUT2D eigenvalue weighted by molar-refractivity contribution is 14.1. The van der Waals surface area contributed by atoms with Crippen molar-refractivity contribution in [3.8, 4) is 0 Å². The minimum Gasteiger partial charge on any atom is -0.310 e. The Labute approximate surface area is 131 Å². The predicted molar refractivity (Wildman–Crippen MR) is 90.7 cm³/mol. The van der Waals surface area contributed by atoms with Gasteiger partial charge in [-0.3, -0.25) is 0 Å². The largest absolute Gasteiger partial charge is 0.310 e. The van der Waals surface area contributed by atoms with Gasteiger partial charge in [0.2, 0.25) is 0 Å². The van der Waals surface area contributed by atoms with E-state index in [9.17, 15) is 0 Å². The van der Waals surface area contributed by atoms with Gasteiger partial charge in [0.05, 0.1) is 2.88 Å². The average Bonchev–Trinajstić information content (AvgIpc) is 3.01. The van der Waals surface area contributed by atoms with E-state index in [2.05, 4.69) is 63.8 Å². The normalized spacial score (nSPS) is 12.8. The minimum atomic E-state index is 0.506. The summed E-state index contributed by atoms with van der Waals surface area (Å²) < 4.78 is 1.38. The van der Waals surface area contributed by atoms with E-state index in [1.165, 1.54) is 32.6 Å². The monoisotopic (exact) mass is 391 g/mol. The molecule has 2 rings (SSSR count). The molecule has 4 heteroatoms. The summed E-state index contributed by atoms with van der Waals surface area (Å²) in [5.74, 6) is 0. The van der Waals surface area contributed by atoms with Crippen molar-refractivity contribution in [1.82, 2.24) is 5.32 Å². The highest BCUT2D eigenvalue weighted by Gasteiger charge is 2.12. The van der Waals surface area contributed by atoms with Crippen molar-refractivity contribution in [3.63, 3.8) is 0 Å². The Balaban J connectivity index is 1.96. The smallest absolute Gasteiger partial charge is 0.0656 e. The molecule has 0 aliphatic heterocycles. The second-order valence-corrected chi connectivity index (χ2v) is 8.15. The lowest BCUT2D eigenvalue weighted by Crippen LogP contribution is -2.22. The second-order valence-electron chi connectivity index (χ2n) is 4.31. The SMILES string of the molecule is CCCNC(CCc1cccs1)c1csc(I)c1. The van der Waals surface area contributed by atoms with Crippen LogP contribution in [-0.4, -0.2) is 6.54 Å². The molecule has 0 saturated carbocycles. The zero-order valence-corrected chi connectivity index (χ0v) is 14.3. The van der Waals surface area contributed by atoms with E-state index in [0.29, 0.717) is 6.04 Å². The van der Waals surface area contributed by atoms with Gasteiger partial charge >= 0.3 is 0 Å². The molecule has 18 heavy (non-hydrogen) atoms. The molecule has 1 atom stereocenters. The molecular formula is C14H18INS2. The molecule has 2 heterocycles. The molecule has 1 unspecified atom stereocenters. The number of aryl methyl sites for hydroxylation is 1. The van der Waals surface area contributed by atoms with Crippen LogP contribution < -0.4 is 5.32 Å². The van der Waals surface area contributed by atoms with Gasteiger partial charge in [-0.15, -0.1) is 22.7 Å². The molecule has 2 aromatic rings. The van der Waals surface area contributed by atoms with Gasteiger partial charge in [-0.05, 0) is 76.9 Å². The Morgan fingerprint density at radius 3 is 2.89 bits per heavy atom. The van der Waals surface area contributed by atoms with E-state index >= 15 is 0 Å². The van der Waals surface area contributed by atoms with Crippen LogP contribution in [0.5, 0.6) is 0 Å². The van der Waals surface area contributed by atoms with Crippen LogP contribution in [0, 0.1) is 2.88 Å². The zero-order chi connectivity index (χ0) is 12.8. The lowest BCUT2D eigenvalue weighted by atomic mass is 10.0. The van der Waals surface area contributed by atoms with Crippen LogP contribution in [0.3, 0.4) is 0 Å². The molecule has 0 radical (unpaired) electrons. The summed E-state index contributed by atoms with van der Waals surface area (Å²) in [6.45, 7) is 3.32. The van der Waals surface area contributed by atoms with Gasteiger partial charge in [0.25, 0.3) is 0 Å². The van der Waals surface area contributed by atoms with Crippen LogP contribution in [0.4, 0.5) is 0 Å². The first-order chi connectivity index (χ1) is 8.79. The van der Waals surface area contributed by atoms with Gasteiger partial charge in [-0.25, -0.2) is 0 Å². The molecule has 0 saturated heterocycles. The summed E-state index contributed by atoms with van der Waals surface area (Å²) in [5.41, 5.74) is 1.45. The number of thiophene rings is 2. The second kappa shape index (κ2) is 7.62. The number of nitrogens with one attached hydrogen (secondary N) is 1. The number of hydrogen-bond donors (Lipinski definition) is 1. The maximum absolute atomic E-state index is 3.67. The highest BCUT2D eigenvalue weighted by atomic mass is 127. The van der Waals surface area contributed by atoms with Crippen LogP contribution in [0.25, 0.3) is 0 Å². The third-order valence-corrected chi connectivity index (χ3v) is 5.63. The molecule has 1 nitrogen and oxygen atoms in total. The lowest BCUT2D eigenvalue weighted by molar-refractivity contribution is 0.502. The van der Waals surface area contributed by atoms with Gasteiger partial charge in [0, 0.05) is 10.9 Å². The molecule has 98 valence electrons. The summed E-state index contributed by atoms with van der Waals surface area (Å²) in [6, 6.07) is 7.19. The molecule has 0 fully saturated rings. The molecule has 1 N–H and O–H groups in total. The van der Waals surface area contributed by atoms with E-state index in [1.54, 1.807) is 0 Å². The van der Waals surface area contributed by atoms with Crippen molar-refractivity contribution in [1.29, 1.82) is 0 Å². The Morgan fingerprint density at radius 2 is 2.28 bits per heavy atom. The third kappa shape index (κ3) is 4.33. The molecule has 0 spiro atoms. The third-order valence-electron chi connectivity index (χ3n) is 2.89. The molecule has 0 aromatic carbocycles. The van der Waals surface area contributed by atoms with Crippen LogP contribution >= 0.6 is 45.3 Å². The lowest BCUT2D eigenvalue weighted by Gasteiger charge is -2.17. The Morgan fingerprint density at radius 1 is 1.39 bits per heavy atom. The summed E-state index contributed by atoms with van der Waals surface area (Å²) >= 11 is 6.10. The Bertz CT molecular complexity index is 450. The van der Waals surface area contributed by atoms with Crippen LogP contribution in [0.2, 0.25) is 0 Å². The first-order valence-corrected chi connectivity index (χ1v) is 9.13. The van der Waals surface area contributed by atoms with Crippen molar-refractivity contribution < 1.29 is 0 Å². The highest BCUT2D eigenvalue weighted by Crippen LogP contribution is 2.26. The molecular weight excluding hydrogens is 373 g/mol. The fourth-order valence-corrected chi connectivity index (χ4v) is 4.10. The van der Waals surface area contributed by atoms with Crippen LogP contribution in [-0.2, 0) is 6.42 Å². The fourth-order valence-electron chi connectivity index (χ4n) is 1.95. The van der Waals surface area contributed by atoms with Crippen molar-refractivity contribution in [2.75, 3.05) is 6.54 Å². The van der Waals surface area contributed by atoms with Gasteiger partial charge < -0.3 is 5.32 Å². The number of halogens is 1. The van der Waals surface area contributed by atoms with Crippen molar-refractivity contribution in [3.05, 3.63) is 42.3 Å².